The number of alkyl halides is 1. The highest BCUT2D eigenvalue weighted by atomic mass is 79.9. The van der Waals surface area contributed by atoms with Gasteiger partial charge in [0.2, 0.25) is 0 Å². The second-order valence-corrected chi connectivity index (χ2v) is 10.5. The number of nitrogens with one attached hydrogen (secondary N) is 3. The minimum Gasteiger partial charge on any atom is -0.319 e. The van der Waals surface area contributed by atoms with Gasteiger partial charge in [-0.25, -0.2) is 14.7 Å². The van der Waals surface area contributed by atoms with Crippen LogP contribution in [0.1, 0.15) is 27.8 Å². The summed E-state index contributed by atoms with van der Waals surface area (Å²) in [6, 6.07) is 10.1. The number of benzene rings is 1. The van der Waals surface area contributed by atoms with Crippen LogP contribution in [0.3, 0.4) is 0 Å². The zero-order chi connectivity index (χ0) is 25.1. The summed E-state index contributed by atoms with van der Waals surface area (Å²) in [5.74, 6) is -0.109. The third kappa shape index (κ3) is 5.83. The SMILES string of the molecule is CC1C=CN=C(n2nc(Br)cc2C(=O)Nc2c(Br)cc(Br)cc2C(=O)NNc2ccccn2)C1Cl. The molecular formula is C22H17Br3ClN7O2. The van der Waals surface area contributed by atoms with Crippen LogP contribution in [0, 0.1) is 5.92 Å². The van der Waals surface area contributed by atoms with Crippen molar-refractivity contribution in [3.8, 4) is 0 Å². The van der Waals surface area contributed by atoms with Gasteiger partial charge < -0.3 is 5.32 Å². The molecule has 0 fully saturated rings. The average Bonchev–Trinajstić information content (AvgIpc) is 3.23. The maximum absolute atomic E-state index is 13.4. The summed E-state index contributed by atoms with van der Waals surface area (Å²) in [6.07, 6.45) is 5.11. The lowest BCUT2D eigenvalue weighted by atomic mass is 10.1. The molecule has 1 aromatic carbocycles. The third-order valence-corrected chi connectivity index (χ3v) is 7.00. The molecule has 0 radical (unpaired) electrons. The van der Waals surface area contributed by atoms with Crippen molar-refractivity contribution in [2.24, 2.45) is 10.9 Å². The fourth-order valence-corrected chi connectivity index (χ4v) is 5.13. The molecule has 1 aliphatic rings. The predicted molar refractivity (Wildman–Crippen MR) is 146 cm³/mol. The van der Waals surface area contributed by atoms with Gasteiger partial charge in [0.1, 0.15) is 22.0 Å². The van der Waals surface area contributed by atoms with E-state index in [9.17, 15) is 9.59 Å². The van der Waals surface area contributed by atoms with Crippen LogP contribution < -0.4 is 16.2 Å². The normalized spacial score (nSPS) is 17.0. The first kappa shape index (κ1) is 25.5. The molecule has 2 atom stereocenters. The van der Waals surface area contributed by atoms with Crippen LogP contribution in [-0.2, 0) is 0 Å². The Morgan fingerprint density at radius 1 is 1.11 bits per heavy atom. The van der Waals surface area contributed by atoms with Crippen molar-refractivity contribution in [1.29, 1.82) is 0 Å². The van der Waals surface area contributed by atoms with E-state index < -0.39 is 17.2 Å². The molecule has 0 saturated carbocycles. The van der Waals surface area contributed by atoms with E-state index in [-0.39, 0.29) is 22.9 Å². The van der Waals surface area contributed by atoms with Crippen LogP contribution in [0.15, 0.2) is 73.4 Å². The van der Waals surface area contributed by atoms with Crippen LogP contribution in [0.25, 0.3) is 0 Å². The second kappa shape index (κ2) is 11.0. The van der Waals surface area contributed by atoms with Gasteiger partial charge in [-0.3, -0.25) is 20.4 Å². The van der Waals surface area contributed by atoms with Gasteiger partial charge in [0.15, 0.2) is 0 Å². The summed E-state index contributed by atoms with van der Waals surface area (Å²) < 4.78 is 2.96. The second-order valence-electron chi connectivity index (χ2n) is 7.41. The van der Waals surface area contributed by atoms with E-state index in [0.717, 1.165) is 0 Å². The van der Waals surface area contributed by atoms with Gasteiger partial charge in [0, 0.05) is 27.4 Å². The molecule has 4 rings (SSSR count). The highest BCUT2D eigenvalue weighted by Crippen LogP contribution is 2.32. The van der Waals surface area contributed by atoms with Crippen LogP contribution in [0.5, 0.6) is 0 Å². The molecule has 13 heteroatoms. The van der Waals surface area contributed by atoms with E-state index in [0.29, 0.717) is 25.2 Å². The lowest BCUT2D eigenvalue weighted by Crippen LogP contribution is -2.34. The highest BCUT2D eigenvalue weighted by Gasteiger charge is 2.28. The minimum atomic E-state index is -0.508. The van der Waals surface area contributed by atoms with Crippen molar-refractivity contribution in [1.82, 2.24) is 20.2 Å². The maximum atomic E-state index is 13.4. The van der Waals surface area contributed by atoms with Crippen molar-refractivity contribution in [2.75, 3.05) is 10.7 Å². The van der Waals surface area contributed by atoms with Crippen molar-refractivity contribution in [3.63, 3.8) is 0 Å². The quantitative estimate of drug-likeness (QED) is 0.239. The van der Waals surface area contributed by atoms with Gasteiger partial charge >= 0.3 is 0 Å². The number of nitrogens with zero attached hydrogens (tertiary/aromatic N) is 4. The Hall–Kier alpha value is -2.54. The van der Waals surface area contributed by atoms with E-state index in [2.05, 4.69) is 79.0 Å². The molecule has 2 unspecified atom stereocenters. The van der Waals surface area contributed by atoms with Gasteiger partial charge in [-0.05, 0) is 62.0 Å². The molecule has 3 heterocycles. The van der Waals surface area contributed by atoms with E-state index in [1.807, 2.05) is 13.0 Å². The van der Waals surface area contributed by atoms with Crippen LogP contribution in [-0.4, -0.2) is 37.8 Å². The Kier molecular flexibility index (Phi) is 8.05. The Balaban J connectivity index is 1.63. The number of hydrazine groups is 1. The molecule has 180 valence electrons. The smallest absolute Gasteiger partial charge is 0.274 e. The molecule has 3 aromatic rings. The Morgan fingerprint density at radius 2 is 1.91 bits per heavy atom. The standard InChI is InChI=1S/C22H17Br3ClN7O2/c1-11-5-7-28-20(18(11)26)33-15(10-16(25)32-33)22(35)29-19-13(8-12(23)9-14(19)24)21(34)31-30-17-4-2-3-6-27-17/h2-11,18H,1H3,(H,27,30)(H,29,35)(H,31,34). The zero-order valence-electron chi connectivity index (χ0n) is 18.0. The number of rotatable bonds is 5. The number of halogens is 4. The third-order valence-electron chi connectivity index (χ3n) is 4.94. The van der Waals surface area contributed by atoms with Crippen molar-refractivity contribution < 1.29 is 9.59 Å². The summed E-state index contributed by atoms with van der Waals surface area (Å²) in [7, 11) is 0. The summed E-state index contributed by atoms with van der Waals surface area (Å²) in [5.41, 5.74) is 6.00. The van der Waals surface area contributed by atoms with E-state index in [1.54, 1.807) is 48.8 Å². The van der Waals surface area contributed by atoms with Crippen LogP contribution in [0.2, 0.25) is 0 Å². The molecule has 35 heavy (non-hydrogen) atoms. The predicted octanol–water partition coefficient (Wildman–Crippen LogP) is 5.59. The van der Waals surface area contributed by atoms with Crippen LogP contribution >= 0.6 is 59.4 Å². The monoisotopic (exact) mass is 683 g/mol. The van der Waals surface area contributed by atoms with Crippen molar-refractivity contribution in [2.45, 2.75) is 12.3 Å². The molecule has 0 aliphatic carbocycles. The maximum Gasteiger partial charge on any atom is 0.274 e. The van der Waals surface area contributed by atoms with Gasteiger partial charge in [-0.15, -0.1) is 11.6 Å². The molecule has 0 bridgehead atoms. The molecule has 9 nitrogen and oxygen atoms in total. The van der Waals surface area contributed by atoms with Gasteiger partial charge in [0.05, 0.1) is 16.6 Å². The number of amides is 2. The molecule has 0 saturated heterocycles. The van der Waals surface area contributed by atoms with Gasteiger partial charge in [-0.2, -0.15) is 5.10 Å². The van der Waals surface area contributed by atoms with Gasteiger partial charge in [-0.1, -0.05) is 35.0 Å². The number of hydrogen-bond donors (Lipinski definition) is 3. The van der Waals surface area contributed by atoms with Crippen molar-refractivity contribution >= 4 is 88.5 Å². The topological polar surface area (TPSA) is 113 Å². The molecule has 0 spiro atoms. The summed E-state index contributed by atoms with van der Waals surface area (Å²) in [4.78, 5) is 34.8. The number of aliphatic imine (C=N–C) groups is 1. The zero-order valence-corrected chi connectivity index (χ0v) is 23.5. The number of carbonyl (C=O) groups excluding carboxylic acids is 2. The first-order chi connectivity index (χ1) is 16.7. The van der Waals surface area contributed by atoms with Crippen molar-refractivity contribution in [3.05, 3.63) is 79.7 Å². The fourth-order valence-electron chi connectivity index (χ4n) is 3.20. The van der Waals surface area contributed by atoms with E-state index >= 15 is 0 Å². The lowest BCUT2D eigenvalue weighted by Gasteiger charge is -2.21. The van der Waals surface area contributed by atoms with Gasteiger partial charge in [0.25, 0.3) is 11.8 Å². The molecule has 1 aliphatic heterocycles. The Bertz CT molecular complexity index is 1340. The number of hydrogen-bond acceptors (Lipinski definition) is 6. The lowest BCUT2D eigenvalue weighted by molar-refractivity contribution is 0.0963. The average molecular weight is 687 g/mol. The number of carbonyl (C=O) groups is 2. The number of pyridine rings is 1. The summed E-state index contributed by atoms with van der Waals surface area (Å²) in [6.45, 7) is 1.95. The number of anilines is 2. The fraction of sp³-hybridized carbons (Fsp3) is 0.136. The molecule has 3 N–H and O–H groups in total. The summed E-state index contributed by atoms with van der Waals surface area (Å²) >= 11 is 16.7. The Labute approximate surface area is 230 Å². The minimum absolute atomic E-state index is 0.00516. The summed E-state index contributed by atoms with van der Waals surface area (Å²) in [5, 5.41) is 6.68. The number of allylic oxidation sites excluding steroid dienone is 1. The molecule has 2 amide bonds. The molecular weight excluding hydrogens is 669 g/mol. The number of aromatic nitrogens is 3. The molecule has 2 aromatic heterocycles. The first-order valence-electron chi connectivity index (χ1n) is 10.2. The van der Waals surface area contributed by atoms with E-state index in [4.69, 9.17) is 11.6 Å². The Morgan fingerprint density at radius 3 is 2.66 bits per heavy atom. The van der Waals surface area contributed by atoms with Crippen LogP contribution in [0.4, 0.5) is 11.5 Å². The largest absolute Gasteiger partial charge is 0.319 e. The van der Waals surface area contributed by atoms with E-state index in [1.165, 1.54) is 4.68 Å². The highest BCUT2D eigenvalue weighted by molar-refractivity contribution is 9.11. The first-order valence-corrected chi connectivity index (χ1v) is 13.0.